The largest absolute Gasteiger partial charge is 0.354 e. The zero-order valence-corrected chi connectivity index (χ0v) is 15.8. The number of sulfonamides is 1. The topological polar surface area (TPSA) is 110 Å². The first kappa shape index (κ1) is 22.7. The van der Waals surface area contributed by atoms with Crippen molar-refractivity contribution >= 4 is 28.3 Å². The summed E-state index contributed by atoms with van der Waals surface area (Å²) in [5, 5.41) is 6.38. The van der Waals surface area contributed by atoms with Crippen LogP contribution in [-0.2, 0) is 21.4 Å². The Morgan fingerprint density at radius 3 is 2.81 bits per heavy atom. The fourth-order valence-corrected chi connectivity index (χ4v) is 4.45. The zero-order chi connectivity index (χ0) is 18.4. The summed E-state index contributed by atoms with van der Waals surface area (Å²) in [6.07, 6.45) is 1.94. The molecule has 1 saturated heterocycles. The van der Waals surface area contributed by atoms with Gasteiger partial charge in [0.05, 0.1) is 6.20 Å². The number of hydrogen-bond acceptors (Lipinski definition) is 5. The molecule has 0 spiro atoms. The van der Waals surface area contributed by atoms with Crippen molar-refractivity contribution in [3.8, 4) is 0 Å². The summed E-state index contributed by atoms with van der Waals surface area (Å²) in [7, 11) is -3.86. The minimum atomic E-state index is -3.86. The second-order valence-electron chi connectivity index (χ2n) is 5.90. The van der Waals surface area contributed by atoms with Gasteiger partial charge in [-0.3, -0.25) is 9.48 Å². The molecule has 1 amide bonds. The molecule has 2 rings (SSSR count). The highest BCUT2D eigenvalue weighted by Gasteiger charge is 2.34. The fourth-order valence-electron chi connectivity index (χ4n) is 2.80. The van der Waals surface area contributed by atoms with Gasteiger partial charge in [-0.05, 0) is 12.8 Å². The Labute approximate surface area is 157 Å². The normalized spacial score (nSPS) is 18.5. The third kappa shape index (κ3) is 5.86. The van der Waals surface area contributed by atoms with E-state index in [1.54, 1.807) is 0 Å². The maximum atomic E-state index is 12.8. The first-order valence-electron chi connectivity index (χ1n) is 8.14. The number of rotatable bonds is 8. The molecule has 1 atom stereocenters. The predicted octanol–water partition coefficient (Wildman–Crippen LogP) is 0.578. The lowest BCUT2D eigenvalue weighted by Crippen LogP contribution is -2.49. The number of hydrogen-bond donors (Lipinski definition) is 2. The zero-order valence-electron chi connectivity index (χ0n) is 14.2. The Bertz CT molecular complexity index is 686. The summed E-state index contributed by atoms with van der Waals surface area (Å²) in [5.41, 5.74) is 5.32. The van der Waals surface area contributed by atoms with Crippen LogP contribution in [0.3, 0.4) is 0 Å². The van der Waals surface area contributed by atoms with Gasteiger partial charge in [-0.2, -0.15) is 9.40 Å². The molecule has 150 valence electrons. The molecule has 0 aromatic carbocycles. The van der Waals surface area contributed by atoms with Gasteiger partial charge in [0.25, 0.3) is 6.43 Å². The van der Waals surface area contributed by atoms with Crippen LogP contribution >= 0.6 is 12.4 Å². The van der Waals surface area contributed by atoms with Gasteiger partial charge in [0, 0.05) is 38.3 Å². The van der Waals surface area contributed by atoms with Crippen molar-refractivity contribution in [2.45, 2.75) is 49.6 Å². The molecular weight excluding hydrogens is 392 g/mol. The highest BCUT2D eigenvalue weighted by molar-refractivity contribution is 7.89. The molecule has 26 heavy (non-hydrogen) atoms. The van der Waals surface area contributed by atoms with E-state index in [1.807, 2.05) is 0 Å². The first-order chi connectivity index (χ1) is 11.8. The molecule has 1 fully saturated rings. The minimum Gasteiger partial charge on any atom is -0.354 e. The van der Waals surface area contributed by atoms with Crippen molar-refractivity contribution in [1.82, 2.24) is 19.4 Å². The van der Waals surface area contributed by atoms with Crippen molar-refractivity contribution in [2.75, 3.05) is 19.6 Å². The quantitative estimate of drug-likeness (QED) is 0.645. The molecule has 0 aliphatic carbocycles. The molecule has 1 aromatic rings. The maximum Gasteiger partial charge on any atom is 0.257 e. The van der Waals surface area contributed by atoms with E-state index in [9.17, 15) is 22.0 Å². The van der Waals surface area contributed by atoms with E-state index in [4.69, 9.17) is 5.73 Å². The Balaban J connectivity index is 0.00000338. The lowest BCUT2D eigenvalue weighted by Gasteiger charge is -2.34. The number of carbonyl (C=O) groups is 1. The second-order valence-corrected chi connectivity index (χ2v) is 7.79. The van der Waals surface area contributed by atoms with Crippen molar-refractivity contribution in [3.05, 3.63) is 12.4 Å². The van der Waals surface area contributed by atoms with Gasteiger partial charge in [-0.15, -0.1) is 12.4 Å². The standard InChI is InChI=1S/C14H23F2N5O3S.ClH/c15-13(16)10-20-9-12(8-19-20)25(23,24)21-6-2-1-3-11(21)7-18-14(22)4-5-17;/h8-9,11,13H,1-7,10,17H2,(H,18,22);1H. The summed E-state index contributed by atoms with van der Waals surface area (Å²) in [5.74, 6) is -0.227. The summed E-state index contributed by atoms with van der Waals surface area (Å²) >= 11 is 0. The maximum absolute atomic E-state index is 12.8. The van der Waals surface area contributed by atoms with Crippen LogP contribution in [0.15, 0.2) is 17.3 Å². The molecule has 2 heterocycles. The molecule has 12 heteroatoms. The van der Waals surface area contributed by atoms with Crippen LogP contribution in [0.5, 0.6) is 0 Å². The van der Waals surface area contributed by atoms with Crippen molar-refractivity contribution in [2.24, 2.45) is 5.73 Å². The van der Waals surface area contributed by atoms with Gasteiger partial charge < -0.3 is 11.1 Å². The van der Waals surface area contributed by atoms with Crippen molar-refractivity contribution in [3.63, 3.8) is 0 Å². The molecule has 3 N–H and O–H groups in total. The third-order valence-electron chi connectivity index (χ3n) is 4.02. The molecule has 0 saturated carbocycles. The van der Waals surface area contributed by atoms with E-state index in [-0.39, 0.29) is 48.8 Å². The number of nitrogens with zero attached hydrogens (tertiary/aromatic N) is 3. The van der Waals surface area contributed by atoms with Gasteiger partial charge in [-0.1, -0.05) is 6.42 Å². The number of alkyl halides is 2. The summed E-state index contributed by atoms with van der Waals surface area (Å²) in [4.78, 5) is 11.5. The van der Waals surface area contributed by atoms with E-state index in [0.717, 1.165) is 23.5 Å². The molecule has 1 aromatic heterocycles. The average Bonchev–Trinajstić information content (AvgIpc) is 3.02. The van der Waals surface area contributed by atoms with E-state index in [1.165, 1.54) is 4.31 Å². The van der Waals surface area contributed by atoms with Gasteiger partial charge >= 0.3 is 0 Å². The highest BCUT2D eigenvalue weighted by Crippen LogP contribution is 2.25. The number of halogens is 3. The van der Waals surface area contributed by atoms with Gasteiger partial charge in [-0.25, -0.2) is 17.2 Å². The van der Waals surface area contributed by atoms with Crippen LogP contribution in [0.1, 0.15) is 25.7 Å². The van der Waals surface area contributed by atoms with Crippen molar-refractivity contribution in [1.29, 1.82) is 0 Å². The lowest BCUT2D eigenvalue weighted by atomic mass is 10.1. The molecule has 1 aliphatic heterocycles. The molecule has 1 aliphatic rings. The van der Waals surface area contributed by atoms with E-state index in [2.05, 4.69) is 10.4 Å². The number of piperidine rings is 1. The van der Waals surface area contributed by atoms with Crippen LogP contribution in [0.2, 0.25) is 0 Å². The monoisotopic (exact) mass is 415 g/mol. The summed E-state index contributed by atoms with van der Waals surface area (Å²) in [6, 6.07) is -0.376. The average molecular weight is 416 g/mol. The van der Waals surface area contributed by atoms with Crippen LogP contribution in [-0.4, -0.2) is 60.5 Å². The molecule has 0 bridgehead atoms. The van der Waals surface area contributed by atoms with E-state index >= 15 is 0 Å². The predicted molar refractivity (Wildman–Crippen MR) is 93.7 cm³/mol. The Morgan fingerprint density at radius 1 is 1.42 bits per heavy atom. The Kier molecular flexibility index (Phi) is 8.87. The summed E-state index contributed by atoms with van der Waals surface area (Å²) < 4.78 is 52.7. The first-order valence-corrected chi connectivity index (χ1v) is 9.58. The number of carbonyl (C=O) groups excluding carboxylic acids is 1. The van der Waals surface area contributed by atoms with Crippen LogP contribution in [0.25, 0.3) is 0 Å². The number of nitrogens with one attached hydrogen (secondary N) is 1. The van der Waals surface area contributed by atoms with Gasteiger partial charge in [0.1, 0.15) is 11.4 Å². The number of nitrogens with two attached hydrogens (primary N) is 1. The van der Waals surface area contributed by atoms with Crippen molar-refractivity contribution < 1.29 is 22.0 Å². The number of amides is 1. The van der Waals surface area contributed by atoms with E-state index < -0.39 is 23.0 Å². The van der Waals surface area contributed by atoms with Crippen LogP contribution in [0.4, 0.5) is 8.78 Å². The van der Waals surface area contributed by atoms with Gasteiger partial charge in [0.2, 0.25) is 15.9 Å². The van der Waals surface area contributed by atoms with Crippen LogP contribution in [0, 0.1) is 0 Å². The highest BCUT2D eigenvalue weighted by atomic mass is 35.5. The fraction of sp³-hybridized carbons (Fsp3) is 0.714. The van der Waals surface area contributed by atoms with E-state index in [0.29, 0.717) is 19.4 Å². The molecule has 1 unspecified atom stereocenters. The Hall–Kier alpha value is -1.30. The molecular formula is C14H24ClF2N5O3S. The smallest absolute Gasteiger partial charge is 0.257 e. The SMILES string of the molecule is Cl.NCCC(=O)NCC1CCCCN1S(=O)(=O)c1cnn(CC(F)F)c1. The summed E-state index contributed by atoms with van der Waals surface area (Å²) in [6.45, 7) is 0.0823. The second kappa shape index (κ2) is 10.1. The Morgan fingerprint density at radius 2 is 2.15 bits per heavy atom. The molecule has 8 nitrogen and oxygen atoms in total. The number of aromatic nitrogens is 2. The van der Waals surface area contributed by atoms with Crippen LogP contribution < -0.4 is 11.1 Å². The third-order valence-corrected chi connectivity index (χ3v) is 5.93. The lowest BCUT2D eigenvalue weighted by molar-refractivity contribution is -0.121. The molecule has 0 radical (unpaired) electrons. The van der Waals surface area contributed by atoms with Gasteiger partial charge in [0.15, 0.2) is 0 Å². The minimum absolute atomic E-state index is 0.